The monoisotopic (exact) mass is 206 g/mol. The van der Waals surface area contributed by atoms with Crippen LogP contribution in [0.5, 0.6) is 0 Å². The summed E-state index contributed by atoms with van der Waals surface area (Å²) < 4.78 is 36.2. The van der Waals surface area contributed by atoms with E-state index in [2.05, 4.69) is 0 Å². The van der Waals surface area contributed by atoms with Gasteiger partial charge in [0.25, 0.3) is 0 Å². The first kappa shape index (κ1) is 11.3. The van der Waals surface area contributed by atoms with Gasteiger partial charge in [0.2, 0.25) is 0 Å². The van der Waals surface area contributed by atoms with Crippen molar-refractivity contribution in [2.24, 2.45) is 5.92 Å². The van der Waals surface area contributed by atoms with Crippen LogP contribution in [-0.4, -0.2) is 30.7 Å². The van der Waals surface area contributed by atoms with Crippen LogP contribution in [0.15, 0.2) is 0 Å². The molecule has 0 amide bonds. The fraction of sp³-hybridized carbons (Fsp3) is 0.889. The molecule has 0 aromatic heterocycles. The van der Waals surface area contributed by atoms with Crippen molar-refractivity contribution in [3.8, 4) is 6.07 Å². The standard InChI is InChI=1S/C9H13F3N2/c10-9(11,12)7-14(5-4-13)6-8-2-1-3-8/h8H,1-3,5-7H2. The fourth-order valence-corrected chi connectivity index (χ4v) is 1.58. The van der Waals surface area contributed by atoms with Gasteiger partial charge >= 0.3 is 6.18 Å². The Balaban J connectivity index is 2.34. The van der Waals surface area contributed by atoms with E-state index in [0.717, 1.165) is 19.3 Å². The average Bonchev–Trinajstić information content (AvgIpc) is 1.94. The highest BCUT2D eigenvalue weighted by Gasteiger charge is 2.32. The summed E-state index contributed by atoms with van der Waals surface area (Å²) in [4.78, 5) is 1.18. The fourth-order valence-electron chi connectivity index (χ4n) is 1.58. The molecule has 0 aliphatic heterocycles. The Hall–Kier alpha value is -0.760. The largest absolute Gasteiger partial charge is 0.401 e. The summed E-state index contributed by atoms with van der Waals surface area (Å²) in [5.74, 6) is 0.366. The lowest BCUT2D eigenvalue weighted by Crippen LogP contribution is -2.39. The molecule has 80 valence electrons. The van der Waals surface area contributed by atoms with Crippen molar-refractivity contribution in [2.75, 3.05) is 19.6 Å². The number of rotatable bonds is 4. The Labute approximate surface area is 81.3 Å². The smallest absolute Gasteiger partial charge is 0.282 e. The van der Waals surface area contributed by atoms with Crippen molar-refractivity contribution >= 4 is 0 Å². The molecule has 5 heteroatoms. The molecule has 0 radical (unpaired) electrons. The highest BCUT2D eigenvalue weighted by molar-refractivity contribution is 4.82. The number of nitrogens with zero attached hydrogens (tertiary/aromatic N) is 2. The Morgan fingerprint density at radius 1 is 1.36 bits per heavy atom. The first-order valence-electron chi connectivity index (χ1n) is 4.67. The number of alkyl halides is 3. The molecule has 1 saturated carbocycles. The van der Waals surface area contributed by atoms with Crippen molar-refractivity contribution in [2.45, 2.75) is 25.4 Å². The van der Waals surface area contributed by atoms with Crippen LogP contribution in [-0.2, 0) is 0 Å². The molecule has 0 bridgehead atoms. The van der Waals surface area contributed by atoms with Gasteiger partial charge in [-0.25, -0.2) is 0 Å². The molecule has 14 heavy (non-hydrogen) atoms. The van der Waals surface area contributed by atoms with Gasteiger partial charge in [-0.3, -0.25) is 4.90 Å². The number of halogens is 3. The van der Waals surface area contributed by atoms with E-state index in [1.165, 1.54) is 4.90 Å². The molecule has 0 aromatic carbocycles. The SMILES string of the molecule is N#CCN(CC1CCC1)CC(F)(F)F. The molecule has 0 N–H and O–H groups in total. The van der Waals surface area contributed by atoms with E-state index in [0.29, 0.717) is 12.5 Å². The molecular weight excluding hydrogens is 193 g/mol. The molecule has 1 rings (SSSR count). The number of hydrogen-bond acceptors (Lipinski definition) is 2. The first-order valence-corrected chi connectivity index (χ1v) is 4.67. The molecule has 1 aliphatic rings. The lowest BCUT2D eigenvalue weighted by atomic mass is 9.85. The number of nitriles is 1. The van der Waals surface area contributed by atoms with E-state index in [1.54, 1.807) is 6.07 Å². The Kier molecular flexibility index (Phi) is 3.76. The summed E-state index contributed by atoms with van der Waals surface area (Å²) >= 11 is 0. The van der Waals surface area contributed by atoms with E-state index in [4.69, 9.17) is 5.26 Å². The van der Waals surface area contributed by atoms with E-state index >= 15 is 0 Å². The highest BCUT2D eigenvalue weighted by Crippen LogP contribution is 2.28. The molecule has 0 heterocycles. The van der Waals surface area contributed by atoms with Crippen LogP contribution in [0.3, 0.4) is 0 Å². The molecule has 1 fully saturated rings. The van der Waals surface area contributed by atoms with Crippen molar-refractivity contribution < 1.29 is 13.2 Å². The molecule has 0 atom stereocenters. The maximum absolute atomic E-state index is 12.1. The second-order valence-corrected chi connectivity index (χ2v) is 3.74. The minimum Gasteiger partial charge on any atom is -0.282 e. The van der Waals surface area contributed by atoms with Gasteiger partial charge in [-0.05, 0) is 18.8 Å². The number of hydrogen-bond donors (Lipinski definition) is 0. The van der Waals surface area contributed by atoms with Gasteiger partial charge in [-0.15, -0.1) is 0 Å². The Morgan fingerprint density at radius 3 is 2.36 bits per heavy atom. The third-order valence-corrected chi connectivity index (χ3v) is 2.44. The Morgan fingerprint density at radius 2 is 2.00 bits per heavy atom. The molecule has 0 spiro atoms. The van der Waals surface area contributed by atoms with E-state index in [9.17, 15) is 13.2 Å². The van der Waals surface area contributed by atoms with Crippen LogP contribution in [0.25, 0.3) is 0 Å². The predicted octanol–water partition coefficient (Wildman–Crippen LogP) is 2.17. The van der Waals surface area contributed by atoms with E-state index < -0.39 is 12.7 Å². The summed E-state index contributed by atoms with van der Waals surface area (Å²) in [7, 11) is 0. The summed E-state index contributed by atoms with van der Waals surface area (Å²) in [6, 6.07) is 1.77. The van der Waals surface area contributed by atoms with Gasteiger partial charge in [0.1, 0.15) is 0 Å². The second kappa shape index (κ2) is 4.65. The summed E-state index contributed by atoms with van der Waals surface area (Å²) in [5, 5.41) is 8.38. The van der Waals surface area contributed by atoms with Crippen LogP contribution in [0.1, 0.15) is 19.3 Å². The predicted molar refractivity (Wildman–Crippen MR) is 45.4 cm³/mol. The van der Waals surface area contributed by atoms with Gasteiger partial charge in [0.15, 0.2) is 0 Å². The van der Waals surface area contributed by atoms with E-state index in [1.807, 2.05) is 0 Å². The highest BCUT2D eigenvalue weighted by atomic mass is 19.4. The third-order valence-electron chi connectivity index (χ3n) is 2.44. The normalized spacial score (nSPS) is 17.9. The van der Waals surface area contributed by atoms with Gasteiger partial charge < -0.3 is 0 Å². The van der Waals surface area contributed by atoms with Crippen LogP contribution in [0, 0.1) is 17.2 Å². The average molecular weight is 206 g/mol. The molecular formula is C9H13F3N2. The zero-order chi connectivity index (χ0) is 10.6. The molecule has 0 unspecified atom stereocenters. The maximum Gasteiger partial charge on any atom is 0.401 e. The van der Waals surface area contributed by atoms with Crippen molar-refractivity contribution in [3.63, 3.8) is 0 Å². The summed E-state index contributed by atoms with van der Waals surface area (Å²) in [6.07, 6.45) is -1.09. The van der Waals surface area contributed by atoms with Gasteiger partial charge in [0, 0.05) is 6.54 Å². The van der Waals surface area contributed by atoms with Crippen LogP contribution in [0.2, 0.25) is 0 Å². The summed E-state index contributed by atoms with van der Waals surface area (Å²) in [5.41, 5.74) is 0. The van der Waals surface area contributed by atoms with Gasteiger partial charge in [-0.2, -0.15) is 18.4 Å². The molecule has 2 nitrogen and oxygen atoms in total. The van der Waals surface area contributed by atoms with Crippen LogP contribution in [0.4, 0.5) is 13.2 Å². The molecule has 0 saturated heterocycles. The first-order chi connectivity index (χ1) is 6.51. The minimum absolute atomic E-state index is 0.129. The van der Waals surface area contributed by atoms with E-state index in [-0.39, 0.29) is 6.54 Å². The quantitative estimate of drug-likeness (QED) is 0.659. The van der Waals surface area contributed by atoms with Gasteiger partial charge in [-0.1, -0.05) is 6.42 Å². The Bertz CT molecular complexity index is 215. The van der Waals surface area contributed by atoms with Crippen LogP contribution < -0.4 is 0 Å². The third kappa shape index (κ3) is 3.97. The minimum atomic E-state index is -4.19. The molecule has 0 aromatic rings. The summed E-state index contributed by atoms with van der Waals surface area (Å²) in [6.45, 7) is -0.680. The van der Waals surface area contributed by atoms with Gasteiger partial charge in [0.05, 0.1) is 19.2 Å². The van der Waals surface area contributed by atoms with Crippen molar-refractivity contribution in [1.82, 2.24) is 4.90 Å². The maximum atomic E-state index is 12.1. The van der Waals surface area contributed by atoms with Crippen LogP contribution >= 0.6 is 0 Å². The lowest BCUT2D eigenvalue weighted by molar-refractivity contribution is -0.146. The van der Waals surface area contributed by atoms with Crippen molar-refractivity contribution in [3.05, 3.63) is 0 Å². The zero-order valence-corrected chi connectivity index (χ0v) is 7.85. The molecule has 1 aliphatic carbocycles. The lowest BCUT2D eigenvalue weighted by Gasteiger charge is -2.31. The second-order valence-electron chi connectivity index (χ2n) is 3.74. The zero-order valence-electron chi connectivity index (χ0n) is 7.85. The van der Waals surface area contributed by atoms with Crippen molar-refractivity contribution in [1.29, 1.82) is 5.26 Å². The topological polar surface area (TPSA) is 27.0 Å².